The molecule has 0 aromatic carbocycles. The fourth-order valence-corrected chi connectivity index (χ4v) is 4.86. The predicted molar refractivity (Wildman–Crippen MR) is 127 cm³/mol. The van der Waals surface area contributed by atoms with Crippen LogP contribution in [-0.4, -0.2) is 52.2 Å². The number of aliphatic carboxylic acids is 1. The molecule has 1 fully saturated rings. The number of ether oxygens (including phenoxy) is 1. The van der Waals surface area contributed by atoms with E-state index in [1.54, 1.807) is 0 Å². The number of rotatable bonds is 10. The summed E-state index contributed by atoms with van der Waals surface area (Å²) in [5.74, 6) is -1.24. The molecule has 0 radical (unpaired) electrons. The number of amides is 1. The van der Waals surface area contributed by atoms with Crippen LogP contribution in [0.15, 0.2) is 29.0 Å². The molecule has 1 aliphatic heterocycles. The highest BCUT2D eigenvalue weighted by Crippen LogP contribution is 2.34. The first-order chi connectivity index (χ1) is 16.4. The molecule has 0 unspecified atom stereocenters. The Labute approximate surface area is 205 Å². The zero-order valence-electron chi connectivity index (χ0n) is 18.7. The number of carbonyl (C=O) groups is 2. The third-order valence-corrected chi connectivity index (χ3v) is 7.00. The average molecular weight is 535 g/mol. The topological polar surface area (TPSA) is 113 Å². The van der Waals surface area contributed by atoms with Crippen molar-refractivity contribution in [2.45, 2.75) is 57.1 Å². The summed E-state index contributed by atoms with van der Waals surface area (Å²) >= 11 is 3.07. The van der Waals surface area contributed by atoms with Crippen molar-refractivity contribution in [2.75, 3.05) is 18.5 Å². The van der Waals surface area contributed by atoms with Crippen molar-refractivity contribution in [1.82, 2.24) is 15.3 Å². The lowest BCUT2D eigenvalue weighted by Gasteiger charge is -2.35. The molecule has 2 aromatic heterocycles. The van der Waals surface area contributed by atoms with Crippen LogP contribution < -0.4 is 10.6 Å². The second-order valence-corrected chi connectivity index (χ2v) is 9.69. The van der Waals surface area contributed by atoms with Gasteiger partial charge < -0.3 is 20.5 Å². The molecule has 8 nitrogen and oxygen atoms in total. The number of carboxylic acid groups (broad SMARTS) is 1. The number of nitrogens with zero attached hydrogens (tertiary/aromatic N) is 2. The molecule has 34 heavy (non-hydrogen) atoms. The Kier molecular flexibility index (Phi) is 8.10. The third-order valence-electron chi connectivity index (χ3n) is 6.40. The Morgan fingerprint density at radius 1 is 1.32 bits per heavy atom. The van der Waals surface area contributed by atoms with Crippen LogP contribution in [0.5, 0.6) is 0 Å². The van der Waals surface area contributed by atoms with Crippen LogP contribution in [0.3, 0.4) is 0 Å². The summed E-state index contributed by atoms with van der Waals surface area (Å²) in [6, 6.07) is 3.12. The molecule has 0 spiro atoms. The molecule has 3 N–H and O–H groups in total. The van der Waals surface area contributed by atoms with Gasteiger partial charge in [0.2, 0.25) is 0 Å². The number of anilines is 1. The first-order valence-corrected chi connectivity index (χ1v) is 12.4. The number of carboxylic acids is 1. The van der Waals surface area contributed by atoms with E-state index < -0.39 is 23.7 Å². The normalized spacial score (nSPS) is 19.9. The van der Waals surface area contributed by atoms with Gasteiger partial charge in [0, 0.05) is 31.5 Å². The van der Waals surface area contributed by atoms with Crippen LogP contribution in [0.25, 0.3) is 0 Å². The quantitative estimate of drug-likeness (QED) is 0.425. The fraction of sp³-hybridized carbons (Fsp3) is 0.500. The van der Waals surface area contributed by atoms with Crippen LogP contribution in [-0.2, 0) is 22.4 Å². The van der Waals surface area contributed by atoms with E-state index in [2.05, 4.69) is 43.7 Å². The highest BCUT2D eigenvalue weighted by molar-refractivity contribution is 9.10. The van der Waals surface area contributed by atoms with Gasteiger partial charge in [0.15, 0.2) is 5.82 Å². The Hall–Kier alpha value is -2.59. The molecule has 0 bridgehead atoms. The Balaban J connectivity index is 1.17. The Morgan fingerprint density at radius 2 is 2.15 bits per heavy atom. The van der Waals surface area contributed by atoms with Gasteiger partial charge in [0.05, 0.1) is 22.3 Å². The minimum absolute atomic E-state index is 0.0958. The van der Waals surface area contributed by atoms with E-state index in [-0.39, 0.29) is 29.2 Å². The number of nitrogens with one attached hydrogen (secondary N) is 2. The number of aryl methyl sites for hydroxylation is 2. The van der Waals surface area contributed by atoms with Crippen LogP contribution in [0.4, 0.5) is 10.2 Å². The second kappa shape index (κ2) is 11.2. The van der Waals surface area contributed by atoms with E-state index in [0.717, 1.165) is 62.8 Å². The molecule has 2 aliphatic rings. The first kappa shape index (κ1) is 24.5. The van der Waals surface area contributed by atoms with E-state index in [1.807, 2.05) is 0 Å². The molecule has 0 saturated heterocycles. The maximum absolute atomic E-state index is 13.9. The minimum atomic E-state index is -1.19. The molecule has 1 saturated carbocycles. The van der Waals surface area contributed by atoms with Crippen molar-refractivity contribution in [1.29, 1.82) is 0 Å². The molecule has 1 aliphatic carbocycles. The SMILES string of the molecule is O=C(N[C@@H](CCOC1CC(CCc2ccc3c(n2)NCCC3)C1)C(=O)O)c1c(F)cncc1Br. The highest BCUT2D eigenvalue weighted by atomic mass is 79.9. The van der Waals surface area contributed by atoms with Crippen molar-refractivity contribution < 1.29 is 23.8 Å². The molecule has 3 heterocycles. The number of halogens is 2. The second-order valence-electron chi connectivity index (χ2n) is 8.84. The lowest BCUT2D eigenvalue weighted by Crippen LogP contribution is -2.42. The van der Waals surface area contributed by atoms with E-state index >= 15 is 0 Å². The number of carbonyl (C=O) groups excluding carboxylic acids is 1. The van der Waals surface area contributed by atoms with Gasteiger partial charge in [-0.1, -0.05) is 6.07 Å². The van der Waals surface area contributed by atoms with Crippen molar-refractivity contribution in [2.24, 2.45) is 5.92 Å². The van der Waals surface area contributed by atoms with Crippen molar-refractivity contribution in [3.63, 3.8) is 0 Å². The molecular weight excluding hydrogens is 507 g/mol. The lowest BCUT2D eigenvalue weighted by molar-refractivity contribution is -0.140. The lowest BCUT2D eigenvalue weighted by atomic mass is 9.79. The maximum atomic E-state index is 13.9. The molecule has 4 rings (SSSR count). The van der Waals surface area contributed by atoms with Gasteiger partial charge in [-0.2, -0.15) is 0 Å². The third kappa shape index (κ3) is 6.09. The number of pyridine rings is 2. The Morgan fingerprint density at radius 3 is 2.91 bits per heavy atom. The zero-order chi connectivity index (χ0) is 24.1. The van der Waals surface area contributed by atoms with Gasteiger partial charge in [-0.3, -0.25) is 9.78 Å². The van der Waals surface area contributed by atoms with Crippen LogP contribution in [0.1, 0.15) is 53.7 Å². The standard InChI is InChI=1S/C24H28BrFN4O4/c25-18-12-27-13-19(26)21(18)23(31)30-20(24(32)33)7-9-34-17-10-14(11-17)3-5-16-6-4-15-2-1-8-28-22(15)29-16/h4,6,12-14,17,20H,1-3,5,7-11H2,(H,28,29)(H,30,31)(H,32,33)/t14?,17?,20-/m0/s1. The van der Waals surface area contributed by atoms with Gasteiger partial charge in [-0.05, 0) is 72.0 Å². The predicted octanol–water partition coefficient (Wildman–Crippen LogP) is 3.74. The van der Waals surface area contributed by atoms with E-state index in [9.17, 15) is 19.1 Å². The number of fused-ring (bicyclic) bond motifs is 1. The number of hydrogen-bond donors (Lipinski definition) is 3. The molecule has 1 atom stereocenters. The molecular formula is C24H28BrFN4O4. The van der Waals surface area contributed by atoms with Gasteiger partial charge in [-0.25, -0.2) is 14.2 Å². The molecule has 1 amide bonds. The van der Waals surface area contributed by atoms with E-state index in [0.29, 0.717) is 5.92 Å². The van der Waals surface area contributed by atoms with Crippen molar-refractivity contribution in [3.8, 4) is 0 Å². The summed E-state index contributed by atoms with van der Waals surface area (Å²) in [7, 11) is 0. The van der Waals surface area contributed by atoms with Crippen LogP contribution >= 0.6 is 15.9 Å². The average Bonchev–Trinajstić information content (AvgIpc) is 2.78. The summed E-state index contributed by atoms with van der Waals surface area (Å²) in [5, 5.41) is 15.2. The summed E-state index contributed by atoms with van der Waals surface area (Å²) in [5.41, 5.74) is 2.13. The van der Waals surface area contributed by atoms with Crippen LogP contribution in [0.2, 0.25) is 0 Å². The minimum Gasteiger partial charge on any atom is -0.480 e. The zero-order valence-corrected chi connectivity index (χ0v) is 20.3. The van der Waals surface area contributed by atoms with Crippen molar-refractivity contribution in [3.05, 3.63) is 51.6 Å². The van der Waals surface area contributed by atoms with Gasteiger partial charge in [0.25, 0.3) is 5.91 Å². The van der Waals surface area contributed by atoms with E-state index in [4.69, 9.17) is 9.72 Å². The fourth-order valence-electron chi connectivity index (χ4n) is 4.37. The number of hydrogen-bond acceptors (Lipinski definition) is 6. The smallest absolute Gasteiger partial charge is 0.326 e. The summed E-state index contributed by atoms with van der Waals surface area (Å²) in [4.78, 5) is 32.3. The van der Waals surface area contributed by atoms with Crippen molar-refractivity contribution >= 4 is 33.6 Å². The highest BCUT2D eigenvalue weighted by Gasteiger charge is 2.30. The molecule has 182 valence electrons. The summed E-state index contributed by atoms with van der Waals surface area (Å²) < 4.78 is 19.9. The largest absolute Gasteiger partial charge is 0.480 e. The van der Waals surface area contributed by atoms with Gasteiger partial charge in [0.1, 0.15) is 11.9 Å². The van der Waals surface area contributed by atoms with Gasteiger partial charge in [-0.15, -0.1) is 0 Å². The summed E-state index contributed by atoms with van der Waals surface area (Å²) in [6.07, 6.45) is 8.46. The van der Waals surface area contributed by atoms with E-state index in [1.165, 1.54) is 11.8 Å². The maximum Gasteiger partial charge on any atom is 0.326 e. The molecule has 10 heteroatoms. The van der Waals surface area contributed by atoms with Gasteiger partial charge >= 0.3 is 5.97 Å². The molecule has 2 aromatic rings. The number of aromatic nitrogens is 2. The summed E-state index contributed by atoms with van der Waals surface area (Å²) in [6.45, 7) is 1.18. The first-order valence-electron chi connectivity index (χ1n) is 11.6. The monoisotopic (exact) mass is 534 g/mol. The van der Waals surface area contributed by atoms with Crippen LogP contribution in [0, 0.1) is 11.7 Å². The Bertz CT molecular complexity index is 1030.